The van der Waals surface area contributed by atoms with Crippen LogP contribution in [0.15, 0.2) is 0 Å². The highest BCUT2D eigenvalue weighted by Gasteiger charge is 2.18. The summed E-state index contributed by atoms with van der Waals surface area (Å²) in [4.78, 5) is 24.4. The van der Waals surface area contributed by atoms with Crippen molar-refractivity contribution in [3.8, 4) is 0 Å². The Labute approximate surface area is 215 Å². The molecule has 0 heterocycles. The van der Waals surface area contributed by atoms with Crippen molar-refractivity contribution in [3.63, 3.8) is 0 Å². The molecule has 0 aromatic rings. The van der Waals surface area contributed by atoms with Gasteiger partial charge in [0.15, 0.2) is 0 Å². The van der Waals surface area contributed by atoms with Crippen LogP contribution in [0.2, 0.25) is 0 Å². The summed E-state index contributed by atoms with van der Waals surface area (Å²) >= 11 is 0. The van der Waals surface area contributed by atoms with Crippen LogP contribution in [0.25, 0.3) is 0 Å². The molecule has 35 heavy (non-hydrogen) atoms. The number of carbonyl (C=O) groups is 1. The van der Waals surface area contributed by atoms with E-state index in [9.17, 15) is 14.3 Å². The van der Waals surface area contributed by atoms with Crippen LogP contribution in [0.3, 0.4) is 0 Å². The van der Waals surface area contributed by atoms with Crippen molar-refractivity contribution in [1.29, 1.82) is 0 Å². The number of phosphoric acid groups is 1. The van der Waals surface area contributed by atoms with E-state index in [1.165, 1.54) is 51.4 Å². The first-order valence-electron chi connectivity index (χ1n) is 13.9. The smallest absolute Gasteiger partial charge is 0.268 e. The first-order chi connectivity index (χ1) is 16.6. The molecule has 2 atom stereocenters. The van der Waals surface area contributed by atoms with Gasteiger partial charge in [-0.15, -0.1) is 0 Å². The summed E-state index contributed by atoms with van der Waals surface area (Å²) in [7, 11) is 1.45. The molecule has 0 radical (unpaired) electrons. The second kappa shape index (κ2) is 21.6. The molecule has 0 aromatic heterocycles. The Morgan fingerprint density at radius 3 is 1.94 bits per heavy atom. The zero-order valence-electron chi connectivity index (χ0n) is 23.4. The fourth-order valence-corrected chi connectivity index (χ4v) is 4.22. The number of ether oxygens (including phenoxy) is 1. The molecule has 0 bridgehead atoms. The van der Waals surface area contributed by atoms with Crippen molar-refractivity contribution in [2.75, 3.05) is 54.1 Å². The van der Waals surface area contributed by atoms with Crippen molar-refractivity contribution < 1.29 is 32.5 Å². The molecule has 0 fully saturated rings. The lowest BCUT2D eigenvalue weighted by atomic mass is 10.1. The van der Waals surface area contributed by atoms with E-state index in [0.717, 1.165) is 32.1 Å². The Hall–Kier alpha value is -0.500. The molecule has 0 saturated carbocycles. The fraction of sp³-hybridized carbons (Fsp3) is 0.962. The van der Waals surface area contributed by atoms with Crippen molar-refractivity contribution in [3.05, 3.63) is 0 Å². The predicted octanol–water partition coefficient (Wildman–Crippen LogP) is 5.20. The van der Waals surface area contributed by atoms with Crippen molar-refractivity contribution in [2.24, 2.45) is 0 Å². The molecule has 0 spiro atoms. The van der Waals surface area contributed by atoms with Crippen LogP contribution >= 0.6 is 7.82 Å². The molecular formula is C26H55N2O6P. The standard InChI is InChI=1S/C26H55N2O6P/c1-6-8-10-12-14-15-17-19-26(29)27-23-25(32-21-18-16-13-11-9-7-2)24-34-35(30,31)33-22-20-28(3,4)5/h25H,6-24H2,1-5H3,(H-,27,29,30,31). The average molecular weight is 523 g/mol. The number of carbonyl (C=O) groups excluding carboxylic acids is 1. The summed E-state index contributed by atoms with van der Waals surface area (Å²) < 4.78 is 28.7. The molecule has 1 amide bonds. The van der Waals surface area contributed by atoms with E-state index in [2.05, 4.69) is 19.2 Å². The Bertz CT molecular complexity index is 556. The maximum absolute atomic E-state index is 12.2. The van der Waals surface area contributed by atoms with Gasteiger partial charge in [-0.25, -0.2) is 0 Å². The van der Waals surface area contributed by atoms with Gasteiger partial charge < -0.3 is 28.5 Å². The van der Waals surface area contributed by atoms with Gasteiger partial charge in [-0.3, -0.25) is 9.36 Å². The summed E-state index contributed by atoms with van der Waals surface area (Å²) in [5.74, 6) is -0.0313. The number of likely N-dealkylation sites (N-methyl/N-ethyl adjacent to an activating group) is 1. The Kier molecular flexibility index (Phi) is 21.3. The maximum Gasteiger partial charge on any atom is 0.268 e. The quantitative estimate of drug-likeness (QED) is 0.101. The summed E-state index contributed by atoms with van der Waals surface area (Å²) in [6.45, 7) is 5.57. The van der Waals surface area contributed by atoms with E-state index < -0.39 is 13.9 Å². The van der Waals surface area contributed by atoms with Gasteiger partial charge in [0, 0.05) is 19.6 Å². The molecular weight excluding hydrogens is 467 g/mol. The third kappa shape index (κ3) is 25.0. The predicted molar refractivity (Wildman–Crippen MR) is 141 cm³/mol. The van der Waals surface area contributed by atoms with Gasteiger partial charge in [0.05, 0.1) is 33.9 Å². The molecule has 0 aliphatic carbocycles. The molecule has 1 N–H and O–H groups in total. The van der Waals surface area contributed by atoms with Gasteiger partial charge >= 0.3 is 0 Å². The van der Waals surface area contributed by atoms with Crippen molar-refractivity contribution in [1.82, 2.24) is 5.32 Å². The molecule has 8 nitrogen and oxygen atoms in total. The van der Waals surface area contributed by atoms with Gasteiger partial charge in [0.25, 0.3) is 7.82 Å². The Balaban J connectivity index is 4.39. The van der Waals surface area contributed by atoms with Crippen LogP contribution in [0.5, 0.6) is 0 Å². The van der Waals surface area contributed by atoms with Crippen LogP contribution in [0, 0.1) is 0 Å². The molecule has 210 valence electrons. The van der Waals surface area contributed by atoms with E-state index in [4.69, 9.17) is 13.8 Å². The van der Waals surface area contributed by atoms with Gasteiger partial charge in [0.2, 0.25) is 5.91 Å². The number of nitrogens with one attached hydrogen (secondary N) is 1. The molecule has 9 heteroatoms. The van der Waals surface area contributed by atoms with E-state index in [1.54, 1.807) is 0 Å². The third-order valence-corrected chi connectivity index (χ3v) is 6.78. The largest absolute Gasteiger partial charge is 0.756 e. The number of unbranched alkanes of at least 4 members (excludes halogenated alkanes) is 11. The monoisotopic (exact) mass is 522 g/mol. The Morgan fingerprint density at radius 1 is 0.829 bits per heavy atom. The van der Waals surface area contributed by atoms with E-state index >= 15 is 0 Å². The van der Waals surface area contributed by atoms with Gasteiger partial charge in [-0.05, 0) is 12.8 Å². The van der Waals surface area contributed by atoms with E-state index in [0.29, 0.717) is 24.1 Å². The minimum Gasteiger partial charge on any atom is -0.756 e. The normalized spacial score (nSPS) is 14.6. The van der Waals surface area contributed by atoms with Crippen LogP contribution in [0.1, 0.15) is 104 Å². The summed E-state index contributed by atoms with van der Waals surface area (Å²) in [6, 6.07) is 0. The zero-order valence-corrected chi connectivity index (χ0v) is 24.3. The number of amides is 1. The van der Waals surface area contributed by atoms with Gasteiger partial charge in [0.1, 0.15) is 13.2 Å². The lowest BCUT2D eigenvalue weighted by Gasteiger charge is -2.28. The second-order valence-electron chi connectivity index (χ2n) is 10.5. The van der Waals surface area contributed by atoms with Gasteiger partial charge in [-0.1, -0.05) is 84.5 Å². The first-order valence-corrected chi connectivity index (χ1v) is 15.3. The number of rotatable bonds is 25. The number of nitrogens with zero attached hydrogens (tertiary/aromatic N) is 1. The molecule has 2 unspecified atom stereocenters. The number of phosphoric ester groups is 1. The van der Waals surface area contributed by atoms with Crippen molar-refractivity contribution >= 4 is 13.7 Å². The highest BCUT2D eigenvalue weighted by molar-refractivity contribution is 7.45. The van der Waals surface area contributed by atoms with Crippen LogP contribution < -0.4 is 10.2 Å². The topological polar surface area (TPSA) is 96.9 Å². The average Bonchev–Trinajstić information content (AvgIpc) is 2.78. The van der Waals surface area contributed by atoms with Crippen LogP contribution in [-0.2, 0) is 23.1 Å². The SMILES string of the molecule is CCCCCCCCCC(=O)NCC(COP(=O)([O-])OCC[N+](C)(C)C)OCCCCCCCC. The zero-order chi connectivity index (χ0) is 26.4. The van der Waals surface area contributed by atoms with Gasteiger partial charge in [-0.2, -0.15) is 0 Å². The van der Waals surface area contributed by atoms with E-state index in [1.807, 2.05) is 21.1 Å². The van der Waals surface area contributed by atoms with Crippen LogP contribution in [-0.4, -0.2) is 70.5 Å². The summed E-state index contributed by atoms with van der Waals surface area (Å²) in [5.41, 5.74) is 0. The number of hydrogen-bond acceptors (Lipinski definition) is 6. The summed E-state index contributed by atoms with van der Waals surface area (Å²) in [6.07, 6.45) is 14.9. The second-order valence-corrected chi connectivity index (χ2v) is 11.9. The fourth-order valence-electron chi connectivity index (χ4n) is 3.50. The molecule has 0 rings (SSSR count). The molecule has 0 aliphatic heterocycles. The van der Waals surface area contributed by atoms with E-state index in [-0.39, 0.29) is 25.7 Å². The first kappa shape index (κ1) is 34.5. The highest BCUT2D eigenvalue weighted by atomic mass is 31.2. The number of quaternary nitrogens is 1. The lowest BCUT2D eigenvalue weighted by Crippen LogP contribution is -2.38. The minimum atomic E-state index is -4.42. The minimum absolute atomic E-state index is 0.0313. The summed E-state index contributed by atoms with van der Waals surface area (Å²) in [5, 5.41) is 2.88. The molecule has 0 saturated heterocycles. The number of hydrogen-bond donors (Lipinski definition) is 1. The van der Waals surface area contributed by atoms with Crippen molar-refractivity contribution in [2.45, 2.75) is 110 Å². The maximum atomic E-state index is 12.2. The highest BCUT2D eigenvalue weighted by Crippen LogP contribution is 2.38. The molecule has 0 aliphatic rings. The van der Waals surface area contributed by atoms with Crippen LogP contribution in [0.4, 0.5) is 0 Å². The lowest BCUT2D eigenvalue weighted by molar-refractivity contribution is -0.870. The Morgan fingerprint density at radius 2 is 1.37 bits per heavy atom. The third-order valence-electron chi connectivity index (χ3n) is 5.82. The molecule has 0 aromatic carbocycles.